The number of rotatable bonds is 9. The quantitative estimate of drug-likeness (QED) is 0.639. The Morgan fingerprint density at radius 3 is 2.32 bits per heavy atom. The molecule has 2 atom stereocenters. The number of carboxylic acid groups (broad SMARTS) is 2. The fraction of sp³-hybridized carbons (Fsp3) is 0.389. The van der Waals surface area contributed by atoms with Gasteiger partial charge in [-0.3, -0.25) is 14.9 Å². The van der Waals surface area contributed by atoms with Crippen molar-refractivity contribution in [1.82, 2.24) is 10.5 Å². The van der Waals surface area contributed by atoms with E-state index >= 15 is 0 Å². The van der Waals surface area contributed by atoms with E-state index in [-0.39, 0.29) is 12.3 Å². The lowest BCUT2D eigenvalue weighted by molar-refractivity contribution is -0.142. The van der Waals surface area contributed by atoms with Gasteiger partial charge in [0.05, 0.1) is 5.69 Å². The first kappa shape index (κ1) is 18.7. The van der Waals surface area contributed by atoms with Crippen molar-refractivity contribution in [3.8, 4) is 11.3 Å². The van der Waals surface area contributed by atoms with E-state index in [1.165, 1.54) is 0 Å². The molecular formula is C18H22N2O5. The highest BCUT2D eigenvalue weighted by atomic mass is 16.5. The molecule has 0 amide bonds. The van der Waals surface area contributed by atoms with Gasteiger partial charge >= 0.3 is 11.9 Å². The van der Waals surface area contributed by atoms with E-state index in [2.05, 4.69) is 10.5 Å². The summed E-state index contributed by atoms with van der Waals surface area (Å²) in [5, 5.41) is 25.3. The minimum absolute atomic E-state index is 0.0353. The first-order chi connectivity index (χ1) is 11.9. The van der Waals surface area contributed by atoms with Crippen LogP contribution < -0.4 is 5.32 Å². The van der Waals surface area contributed by atoms with Crippen LogP contribution in [-0.4, -0.2) is 39.4 Å². The zero-order valence-electron chi connectivity index (χ0n) is 14.2. The summed E-state index contributed by atoms with van der Waals surface area (Å²) in [4.78, 5) is 22.9. The third kappa shape index (κ3) is 5.42. The van der Waals surface area contributed by atoms with Gasteiger partial charge in [0.15, 0.2) is 5.76 Å². The van der Waals surface area contributed by atoms with Crippen LogP contribution >= 0.6 is 0 Å². The normalized spacial score (nSPS) is 13.6. The Morgan fingerprint density at radius 2 is 1.76 bits per heavy atom. The predicted molar refractivity (Wildman–Crippen MR) is 91.1 cm³/mol. The highest BCUT2D eigenvalue weighted by Crippen LogP contribution is 2.20. The SMILES string of the molecule is CC(C)CC(NC(Cc1cc(-c2ccccc2)on1)C(=O)O)C(=O)O. The summed E-state index contributed by atoms with van der Waals surface area (Å²) in [5.74, 6) is -1.53. The van der Waals surface area contributed by atoms with Crippen molar-refractivity contribution in [2.45, 2.75) is 38.8 Å². The first-order valence-corrected chi connectivity index (χ1v) is 8.09. The molecule has 0 saturated heterocycles. The molecule has 1 aromatic carbocycles. The summed E-state index contributed by atoms with van der Waals surface area (Å²) in [6, 6.07) is 9.01. The van der Waals surface area contributed by atoms with Gasteiger partial charge in [-0.1, -0.05) is 49.3 Å². The topological polar surface area (TPSA) is 113 Å². The number of aromatic nitrogens is 1. The second-order valence-corrected chi connectivity index (χ2v) is 6.33. The van der Waals surface area contributed by atoms with Crippen molar-refractivity contribution in [2.75, 3.05) is 0 Å². The maximum Gasteiger partial charge on any atom is 0.321 e. The largest absolute Gasteiger partial charge is 0.480 e. The predicted octanol–water partition coefficient (Wildman–Crippen LogP) is 2.43. The van der Waals surface area contributed by atoms with Crippen LogP contribution in [0.15, 0.2) is 40.9 Å². The summed E-state index contributed by atoms with van der Waals surface area (Å²) < 4.78 is 5.26. The van der Waals surface area contributed by atoms with E-state index in [1.54, 1.807) is 6.07 Å². The Hall–Kier alpha value is -2.67. The highest BCUT2D eigenvalue weighted by molar-refractivity contribution is 5.77. The third-order valence-electron chi connectivity index (χ3n) is 3.74. The van der Waals surface area contributed by atoms with Gasteiger partial charge in [0, 0.05) is 18.1 Å². The standard InChI is InChI=1S/C18H22N2O5/c1-11(2)8-14(17(21)22)19-15(18(23)24)9-13-10-16(25-20-13)12-6-4-3-5-7-12/h3-7,10-11,14-15,19H,8-9H2,1-2H3,(H,21,22)(H,23,24). The Kier molecular flexibility index (Phi) is 6.30. The van der Waals surface area contributed by atoms with Crippen LogP contribution in [0, 0.1) is 5.92 Å². The maximum absolute atomic E-state index is 11.5. The number of hydrogen-bond donors (Lipinski definition) is 3. The van der Waals surface area contributed by atoms with Crippen LogP contribution in [-0.2, 0) is 16.0 Å². The van der Waals surface area contributed by atoms with Crippen LogP contribution in [0.25, 0.3) is 11.3 Å². The monoisotopic (exact) mass is 346 g/mol. The summed E-state index contributed by atoms with van der Waals surface area (Å²) >= 11 is 0. The van der Waals surface area contributed by atoms with Crippen molar-refractivity contribution in [3.63, 3.8) is 0 Å². The Bertz CT molecular complexity index is 711. The number of benzene rings is 1. The molecule has 0 bridgehead atoms. The van der Waals surface area contributed by atoms with Gasteiger partial charge in [0.2, 0.25) is 0 Å². The van der Waals surface area contributed by atoms with E-state index in [4.69, 9.17) is 4.52 Å². The second kappa shape index (κ2) is 8.43. The molecule has 0 fully saturated rings. The van der Waals surface area contributed by atoms with E-state index in [1.807, 2.05) is 44.2 Å². The van der Waals surface area contributed by atoms with Crippen LogP contribution in [0.1, 0.15) is 26.0 Å². The molecule has 1 aromatic heterocycles. The lowest BCUT2D eigenvalue weighted by atomic mass is 10.0. The minimum Gasteiger partial charge on any atom is -0.480 e. The van der Waals surface area contributed by atoms with Crippen molar-refractivity contribution >= 4 is 11.9 Å². The van der Waals surface area contributed by atoms with E-state index in [0.717, 1.165) is 5.56 Å². The van der Waals surface area contributed by atoms with Gasteiger partial charge in [-0.05, 0) is 12.3 Å². The molecule has 0 saturated carbocycles. The number of carbonyl (C=O) groups is 2. The number of nitrogens with one attached hydrogen (secondary N) is 1. The van der Waals surface area contributed by atoms with Gasteiger partial charge in [0.1, 0.15) is 12.1 Å². The molecule has 2 aromatic rings. The zero-order valence-corrected chi connectivity index (χ0v) is 14.2. The van der Waals surface area contributed by atoms with Crippen LogP contribution in [0.5, 0.6) is 0 Å². The molecule has 0 spiro atoms. The molecule has 2 rings (SSSR count). The molecule has 0 radical (unpaired) electrons. The molecule has 2 unspecified atom stereocenters. The Labute approximate surface area is 145 Å². The molecule has 25 heavy (non-hydrogen) atoms. The summed E-state index contributed by atoms with van der Waals surface area (Å²) in [6.45, 7) is 3.77. The van der Waals surface area contributed by atoms with Gasteiger partial charge in [0.25, 0.3) is 0 Å². The van der Waals surface area contributed by atoms with Crippen molar-refractivity contribution in [2.24, 2.45) is 5.92 Å². The highest BCUT2D eigenvalue weighted by Gasteiger charge is 2.27. The number of nitrogens with zero attached hydrogens (tertiary/aromatic N) is 1. The summed E-state index contributed by atoms with van der Waals surface area (Å²) in [5.41, 5.74) is 1.29. The molecule has 0 aliphatic carbocycles. The zero-order chi connectivity index (χ0) is 18.4. The molecular weight excluding hydrogens is 324 g/mol. The van der Waals surface area contributed by atoms with Crippen LogP contribution in [0.4, 0.5) is 0 Å². The maximum atomic E-state index is 11.5. The average molecular weight is 346 g/mol. The smallest absolute Gasteiger partial charge is 0.321 e. The van der Waals surface area contributed by atoms with E-state index in [0.29, 0.717) is 17.9 Å². The molecule has 134 valence electrons. The van der Waals surface area contributed by atoms with Gasteiger partial charge < -0.3 is 14.7 Å². The van der Waals surface area contributed by atoms with Crippen LogP contribution in [0.2, 0.25) is 0 Å². The Balaban J connectivity index is 2.10. The fourth-order valence-electron chi connectivity index (χ4n) is 2.53. The average Bonchev–Trinajstić information content (AvgIpc) is 3.02. The molecule has 0 aliphatic heterocycles. The van der Waals surface area contributed by atoms with Crippen molar-refractivity contribution in [3.05, 3.63) is 42.1 Å². The Morgan fingerprint density at radius 1 is 1.12 bits per heavy atom. The van der Waals surface area contributed by atoms with E-state index < -0.39 is 24.0 Å². The third-order valence-corrected chi connectivity index (χ3v) is 3.74. The van der Waals surface area contributed by atoms with Crippen molar-refractivity contribution in [1.29, 1.82) is 0 Å². The molecule has 0 aliphatic rings. The lowest BCUT2D eigenvalue weighted by Crippen LogP contribution is -2.48. The van der Waals surface area contributed by atoms with Crippen LogP contribution in [0.3, 0.4) is 0 Å². The summed E-state index contributed by atoms with van der Waals surface area (Å²) in [6.07, 6.45) is 0.376. The molecule has 7 nitrogen and oxygen atoms in total. The van der Waals surface area contributed by atoms with Gasteiger partial charge in [-0.2, -0.15) is 0 Å². The molecule has 1 heterocycles. The summed E-state index contributed by atoms with van der Waals surface area (Å²) in [7, 11) is 0. The number of hydrogen-bond acceptors (Lipinski definition) is 5. The van der Waals surface area contributed by atoms with Gasteiger partial charge in [-0.25, -0.2) is 0 Å². The lowest BCUT2D eigenvalue weighted by Gasteiger charge is -2.21. The molecule has 7 heteroatoms. The number of carboxylic acids is 2. The van der Waals surface area contributed by atoms with E-state index in [9.17, 15) is 19.8 Å². The first-order valence-electron chi connectivity index (χ1n) is 8.09. The van der Waals surface area contributed by atoms with Crippen molar-refractivity contribution < 1.29 is 24.3 Å². The second-order valence-electron chi connectivity index (χ2n) is 6.33. The molecule has 3 N–H and O–H groups in total. The fourth-order valence-corrected chi connectivity index (χ4v) is 2.53. The minimum atomic E-state index is -1.13. The van der Waals surface area contributed by atoms with Gasteiger partial charge in [-0.15, -0.1) is 0 Å². The number of aliphatic carboxylic acids is 2.